The van der Waals surface area contributed by atoms with Gasteiger partial charge in [-0.1, -0.05) is 51.5 Å². The van der Waals surface area contributed by atoms with Crippen molar-refractivity contribution in [1.29, 1.82) is 0 Å². The van der Waals surface area contributed by atoms with Gasteiger partial charge in [-0.25, -0.2) is 4.79 Å². The highest BCUT2D eigenvalue weighted by Crippen LogP contribution is 2.31. The third-order valence-corrected chi connectivity index (χ3v) is 6.34. The van der Waals surface area contributed by atoms with Crippen LogP contribution in [-0.2, 0) is 14.3 Å². The van der Waals surface area contributed by atoms with Crippen LogP contribution in [0.15, 0.2) is 18.2 Å². The van der Waals surface area contributed by atoms with Crippen molar-refractivity contribution in [3.8, 4) is 0 Å². The number of ether oxygens (including phenoxy) is 1. The molecule has 222 valence electrons. The predicted octanol–water partition coefficient (Wildman–Crippen LogP) is 6.85. The molecule has 0 aliphatic carbocycles. The average molecular weight is 546 g/mol. The zero-order valence-electron chi connectivity index (χ0n) is 26.8. The summed E-state index contributed by atoms with van der Waals surface area (Å²) in [5, 5.41) is 5.97. The predicted molar refractivity (Wildman–Crippen MR) is 160 cm³/mol. The quantitative estimate of drug-likeness (QED) is 0.318. The van der Waals surface area contributed by atoms with E-state index in [1.807, 2.05) is 73.6 Å². The number of rotatable bonds is 11. The molecule has 1 rings (SSSR count). The largest absolute Gasteiger partial charge is 0.444 e. The Bertz CT molecular complexity index is 973. The van der Waals surface area contributed by atoms with Crippen molar-refractivity contribution in [2.75, 3.05) is 0 Å². The lowest BCUT2D eigenvalue weighted by molar-refractivity contribution is -0.146. The second-order valence-electron chi connectivity index (χ2n) is 13.9. The van der Waals surface area contributed by atoms with Crippen LogP contribution in [0.4, 0.5) is 4.79 Å². The van der Waals surface area contributed by atoms with Gasteiger partial charge in [0.25, 0.3) is 0 Å². The van der Waals surface area contributed by atoms with Crippen molar-refractivity contribution < 1.29 is 19.1 Å². The molecule has 0 bridgehead atoms. The van der Waals surface area contributed by atoms with Gasteiger partial charge in [0.15, 0.2) is 0 Å². The Labute approximate surface area is 237 Å². The standard InChI is InChI=1S/C32H55N3O4/c1-20(2)14-17-24(7)35(29(37)26(18-21(3)4)33-30(38)39-32(11,12)13)27(28(36)34-31(8,9)10)25-19-22(5)15-16-23(25)6/h15-16,19-21,24,26-27H,14,17-18H2,1-13H3,(H,33,38)(H,34,36). The third-order valence-electron chi connectivity index (χ3n) is 6.34. The topological polar surface area (TPSA) is 87.7 Å². The first kappa shape index (κ1) is 34.5. The van der Waals surface area contributed by atoms with Crippen molar-refractivity contribution in [1.82, 2.24) is 15.5 Å². The second-order valence-corrected chi connectivity index (χ2v) is 13.9. The molecule has 0 radical (unpaired) electrons. The fraction of sp³-hybridized carbons (Fsp3) is 0.719. The van der Waals surface area contributed by atoms with Crippen LogP contribution in [0.3, 0.4) is 0 Å². The molecule has 1 aromatic carbocycles. The first-order valence-electron chi connectivity index (χ1n) is 14.4. The summed E-state index contributed by atoms with van der Waals surface area (Å²) in [6, 6.07) is 4.07. The fourth-order valence-corrected chi connectivity index (χ4v) is 4.55. The Morgan fingerprint density at radius 3 is 1.97 bits per heavy atom. The number of nitrogens with zero attached hydrogens (tertiary/aromatic N) is 1. The molecular formula is C32H55N3O4. The van der Waals surface area contributed by atoms with E-state index < -0.39 is 29.3 Å². The molecule has 0 aromatic heterocycles. The van der Waals surface area contributed by atoms with E-state index in [4.69, 9.17) is 4.74 Å². The molecule has 0 saturated carbocycles. The van der Waals surface area contributed by atoms with Crippen LogP contribution in [0.25, 0.3) is 0 Å². The van der Waals surface area contributed by atoms with Crippen LogP contribution in [0.2, 0.25) is 0 Å². The van der Waals surface area contributed by atoms with Gasteiger partial charge >= 0.3 is 6.09 Å². The van der Waals surface area contributed by atoms with Crippen LogP contribution in [-0.4, -0.2) is 46.0 Å². The lowest BCUT2D eigenvalue weighted by atomic mass is 9.92. The highest BCUT2D eigenvalue weighted by Gasteiger charge is 2.40. The smallest absolute Gasteiger partial charge is 0.408 e. The van der Waals surface area contributed by atoms with Gasteiger partial charge in [0.05, 0.1) is 0 Å². The molecule has 39 heavy (non-hydrogen) atoms. The summed E-state index contributed by atoms with van der Waals surface area (Å²) in [7, 11) is 0. The number of carbonyl (C=O) groups excluding carboxylic acids is 3. The fourth-order valence-electron chi connectivity index (χ4n) is 4.55. The van der Waals surface area contributed by atoms with E-state index >= 15 is 0 Å². The third kappa shape index (κ3) is 12.0. The summed E-state index contributed by atoms with van der Waals surface area (Å²) in [5.74, 6) is 0.0601. The van der Waals surface area contributed by atoms with Crippen molar-refractivity contribution in [3.63, 3.8) is 0 Å². The monoisotopic (exact) mass is 545 g/mol. The van der Waals surface area contributed by atoms with E-state index in [-0.39, 0.29) is 23.8 Å². The highest BCUT2D eigenvalue weighted by molar-refractivity contribution is 5.92. The number of hydrogen-bond acceptors (Lipinski definition) is 4. The SMILES string of the molecule is Cc1ccc(C)c(C(C(=O)NC(C)(C)C)N(C(=O)C(CC(C)C)NC(=O)OC(C)(C)C)C(C)CCC(C)C)c1. The van der Waals surface area contributed by atoms with Crippen LogP contribution in [0, 0.1) is 25.7 Å². The van der Waals surface area contributed by atoms with Gasteiger partial charge in [-0.05, 0) is 105 Å². The molecule has 1 aromatic rings. The molecule has 0 aliphatic rings. The van der Waals surface area contributed by atoms with Gasteiger partial charge in [-0.15, -0.1) is 0 Å². The highest BCUT2D eigenvalue weighted by atomic mass is 16.6. The Balaban J connectivity index is 3.75. The second kappa shape index (κ2) is 14.2. The lowest BCUT2D eigenvalue weighted by Crippen LogP contribution is -2.57. The van der Waals surface area contributed by atoms with Gasteiger partial charge in [0.2, 0.25) is 11.8 Å². The van der Waals surface area contributed by atoms with Crippen molar-refractivity contribution in [2.45, 2.75) is 139 Å². The number of alkyl carbamates (subject to hydrolysis) is 1. The molecule has 0 aliphatic heterocycles. The van der Waals surface area contributed by atoms with Crippen LogP contribution in [0.5, 0.6) is 0 Å². The molecule has 7 nitrogen and oxygen atoms in total. The number of nitrogens with one attached hydrogen (secondary N) is 2. The molecule has 0 fully saturated rings. The minimum absolute atomic E-state index is 0.129. The Hall–Kier alpha value is -2.57. The van der Waals surface area contributed by atoms with Gasteiger partial charge in [0.1, 0.15) is 17.7 Å². The van der Waals surface area contributed by atoms with Crippen LogP contribution >= 0.6 is 0 Å². The van der Waals surface area contributed by atoms with Gasteiger partial charge in [-0.2, -0.15) is 0 Å². The molecule has 3 unspecified atom stereocenters. The van der Waals surface area contributed by atoms with E-state index in [0.29, 0.717) is 12.3 Å². The average Bonchev–Trinajstić information content (AvgIpc) is 2.73. The number of hydrogen-bond donors (Lipinski definition) is 2. The molecular weight excluding hydrogens is 490 g/mol. The summed E-state index contributed by atoms with van der Waals surface area (Å²) < 4.78 is 5.51. The van der Waals surface area contributed by atoms with Gasteiger partial charge in [-0.3, -0.25) is 9.59 Å². The van der Waals surface area contributed by atoms with E-state index in [9.17, 15) is 14.4 Å². The zero-order chi connectivity index (χ0) is 30.3. The number of carbonyl (C=O) groups is 3. The number of benzene rings is 1. The molecule has 0 saturated heterocycles. The first-order chi connectivity index (χ1) is 17.7. The van der Waals surface area contributed by atoms with E-state index in [1.54, 1.807) is 25.7 Å². The summed E-state index contributed by atoms with van der Waals surface area (Å²) >= 11 is 0. The molecule has 3 atom stereocenters. The normalized spacial score (nSPS) is 14.5. The summed E-state index contributed by atoms with van der Waals surface area (Å²) in [5.41, 5.74) is 1.55. The van der Waals surface area contributed by atoms with Crippen molar-refractivity contribution in [2.24, 2.45) is 11.8 Å². The van der Waals surface area contributed by atoms with Crippen LogP contribution in [0.1, 0.15) is 118 Å². The molecule has 3 amide bonds. The summed E-state index contributed by atoms with van der Waals surface area (Å²) in [4.78, 5) is 43.1. The Kier molecular flexibility index (Phi) is 12.5. The molecule has 0 spiro atoms. The Morgan fingerprint density at radius 2 is 1.49 bits per heavy atom. The molecule has 2 N–H and O–H groups in total. The summed E-state index contributed by atoms with van der Waals surface area (Å²) in [6.45, 7) is 25.5. The van der Waals surface area contributed by atoms with Crippen LogP contribution < -0.4 is 10.6 Å². The molecule has 7 heteroatoms. The minimum atomic E-state index is -0.853. The Morgan fingerprint density at radius 1 is 0.897 bits per heavy atom. The lowest BCUT2D eigenvalue weighted by Gasteiger charge is -2.40. The van der Waals surface area contributed by atoms with Gasteiger partial charge < -0.3 is 20.3 Å². The number of aryl methyl sites for hydroxylation is 2. The molecule has 0 heterocycles. The van der Waals surface area contributed by atoms with E-state index in [1.165, 1.54) is 0 Å². The first-order valence-corrected chi connectivity index (χ1v) is 14.4. The number of amides is 3. The minimum Gasteiger partial charge on any atom is -0.444 e. The van der Waals surface area contributed by atoms with E-state index in [0.717, 1.165) is 29.5 Å². The van der Waals surface area contributed by atoms with Crippen molar-refractivity contribution in [3.05, 3.63) is 34.9 Å². The maximum absolute atomic E-state index is 14.5. The zero-order valence-corrected chi connectivity index (χ0v) is 26.8. The maximum atomic E-state index is 14.5. The van der Waals surface area contributed by atoms with Crippen molar-refractivity contribution >= 4 is 17.9 Å². The van der Waals surface area contributed by atoms with Gasteiger partial charge in [0, 0.05) is 11.6 Å². The summed E-state index contributed by atoms with van der Waals surface area (Å²) in [6.07, 6.45) is 1.42. The maximum Gasteiger partial charge on any atom is 0.408 e. The van der Waals surface area contributed by atoms with E-state index in [2.05, 4.69) is 24.5 Å².